The van der Waals surface area contributed by atoms with Gasteiger partial charge in [0.2, 0.25) is 5.91 Å². The monoisotopic (exact) mass is 339 g/mol. The van der Waals surface area contributed by atoms with Gasteiger partial charge in [-0.25, -0.2) is 0 Å². The van der Waals surface area contributed by atoms with Crippen LogP contribution < -0.4 is 11.3 Å². The SMILES string of the molecule is Cl.NCCCCCC(=O)N1C[C@@H]2C[C@@H](C1)c1cccc(=O)n1C2. The van der Waals surface area contributed by atoms with Crippen LogP contribution in [0.5, 0.6) is 0 Å². The largest absolute Gasteiger partial charge is 0.342 e. The molecule has 2 aliphatic heterocycles. The maximum absolute atomic E-state index is 12.4. The van der Waals surface area contributed by atoms with Gasteiger partial charge in [-0.2, -0.15) is 0 Å². The molecule has 2 atom stereocenters. The average Bonchev–Trinajstić information content (AvgIpc) is 2.52. The standard InChI is InChI=1S/C17H25N3O2.ClH/c18-8-3-1-2-6-16(21)19-10-13-9-14(12-19)15-5-4-7-17(22)20(15)11-13;/h4-5,7,13-14H,1-3,6,8-12,18H2;1H/t13-,14-;/m0./s1. The molecule has 0 aromatic carbocycles. The second-order valence-electron chi connectivity index (χ2n) is 6.60. The molecule has 1 fully saturated rings. The molecule has 2 bridgehead atoms. The fourth-order valence-corrected chi connectivity index (χ4v) is 3.86. The second-order valence-corrected chi connectivity index (χ2v) is 6.60. The topological polar surface area (TPSA) is 68.3 Å². The van der Waals surface area contributed by atoms with Gasteiger partial charge in [-0.1, -0.05) is 12.5 Å². The van der Waals surface area contributed by atoms with E-state index in [1.54, 1.807) is 6.07 Å². The Balaban J connectivity index is 0.00000192. The van der Waals surface area contributed by atoms with Crippen LogP contribution in [0, 0.1) is 5.92 Å². The summed E-state index contributed by atoms with van der Waals surface area (Å²) in [5, 5.41) is 0. The number of likely N-dealkylation sites (tertiary alicyclic amines) is 1. The van der Waals surface area contributed by atoms with Crippen molar-refractivity contribution in [3.8, 4) is 0 Å². The van der Waals surface area contributed by atoms with Crippen LogP contribution in [0.3, 0.4) is 0 Å². The smallest absolute Gasteiger partial charge is 0.250 e. The van der Waals surface area contributed by atoms with Gasteiger partial charge in [0, 0.05) is 43.7 Å². The molecule has 0 spiro atoms. The number of carbonyl (C=O) groups excluding carboxylic acids is 1. The van der Waals surface area contributed by atoms with Gasteiger partial charge in [-0.3, -0.25) is 9.59 Å². The van der Waals surface area contributed by atoms with Crippen molar-refractivity contribution >= 4 is 18.3 Å². The van der Waals surface area contributed by atoms with E-state index in [1.807, 2.05) is 21.6 Å². The van der Waals surface area contributed by atoms with Gasteiger partial charge in [-0.15, -0.1) is 12.4 Å². The third-order valence-corrected chi connectivity index (χ3v) is 4.93. The van der Waals surface area contributed by atoms with Gasteiger partial charge in [-0.05, 0) is 37.8 Å². The summed E-state index contributed by atoms with van der Waals surface area (Å²) in [6, 6.07) is 5.50. The van der Waals surface area contributed by atoms with Crippen molar-refractivity contribution in [2.45, 2.75) is 44.6 Å². The molecular formula is C17H26ClN3O2. The van der Waals surface area contributed by atoms with Crippen LogP contribution in [0.2, 0.25) is 0 Å². The van der Waals surface area contributed by atoms with Gasteiger partial charge >= 0.3 is 0 Å². The number of aromatic nitrogens is 1. The zero-order valence-corrected chi connectivity index (χ0v) is 14.3. The van der Waals surface area contributed by atoms with Gasteiger partial charge in [0.05, 0.1) is 0 Å². The molecule has 1 saturated heterocycles. The summed E-state index contributed by atoms with van der Waals surface area (Å²) >= 11 is 0. The van der Waals surface area contributed by atoms with Crippen molar-refractivity contribution < 1.29 is 4.79 Å². The maximum atomic E-state index is 12.4. The number of pyridine rings is 1. The van der Waals surface area contributed by atoms with Crippen LogP contribution in [0.25, 0.3) is 0 Å². The minimum absolute atomic E-state index is 0. The lowest BCUT2D eigenvalue weighted by atomic mass is 9.83. The highest BCUT2D eigenvalue weighted by Gasteiger charge is 2.35. The number of halogens is 1. The zero-order chi connectivity index (χ0) is 15.5. The lowest BCUT2D eigenvalue weighted by Crippen LogP contribution is -2.49. The molecule has 1 aromatic rings. The summed E-state index contributed by atoms with van der Waals surface area (Å²) in [5.74, 6) is 0.993. The Bertz CT molecular complexity index is 602. The molecule has 0 saturated carbocycles. The fraction of sp³-hybridized carbons (Fsp3) is 0.647. The Morgan fingerprint density at radius 1 is 1.17 bits per heavy atom. The van der Waals surface area contributed by atoms with E-state index in [9.17, 15) is 9.59 Å². The highest BCUT2D eigenvalue weighted by molar-refractivity contribution is 5.85. The Morgan fingerprint density at radius 2 is 2.00 bits per heavy atom. The molecule has 3 heterocycles. The molecule has 5 nitrogen and oxygen atoms in total. The van der Waals surface area contributed by atoms with Crippen molar-refractivity contribution in [2.24, 2.45) is 11.7 Å². The zero-order valence-electron chi connectivity index (χ0n) is 13.4. The minimum Gasteiger partial charge on any atom is -0.342 e. The number of hydrogen-bond donors (Lipinski definition) is 1. The summed E-state index contributed by atoms with van der Waals surface area (Å²) in [6.07, 6.45) is 4.68. The molecule has 0 radical (unpaired) electrons. The van der Waals surface area contributed by atoms with Gasteiger partial charge < -0.3 is 15.2 Å². The Morgan fingerprint density at radius 3 is 2.78 bits per heavy atom. The van der Waals surface area contributed by atoms with Gasteiger partial charge in [0.25, 0.3) is 5.56 Å². The number of fused-ring (bicyclic) bond motifs is 4. The summed E-state index contributed by atoms with van der Waals surface area (Å²) in [6.45, 7) is 3.01. The quantitative estimate of drug-likeness (QED) is 0.831. The maximum Gasteiger partial charge on any atom is 0.250 e. The molecule has 128 valence electrons. The molecule has 0 aliphatic carbocycles. The number of carbonyl (C=O) groups is 1. The first-order valence-corrected chi connectivity index (χ1v) is 8.36. The van der Waals surface area contributed by atoms with Gasteiger partial charge in [0.1, 0.15) is 0 Å². The van der Waals surface area contributed by atoms with Crippen molar-refractivity contribution in [1.82, 2.24) is 9.47 Å². The predicted octanol–water partition coefficient (Wildman–Crippen LogP) is 1.73. The average molecular weight is 340 g/mol. The molecule has 2 N–H and O–H groups in total. The van der Waals surface area contributed by atoms with Crippen molar-refractivity contribution in [3.63, 3.8) is 0 Å². The van der Waals surface area contributed by atoms with Crippen LogP contribution in [0.15, 0.2) is 23.0 Å². The molecule has 3 rings (SSSR count). The number of hydrogen-bond acceptors (Lipinski definition) is 3. The van der Waals surface area contributed by atoms with Crippen molar-refractivity contribution in [2.75, 3.05) is 19.6 Å². The second kappa shape index (κ2) is 7.97. The fourth-order valence-electron chi connectivity index (χ4n) is 3.86. The molecule has 1 aromatic heterocycles. The molecule has 1 amide bonds. The first kappa shape index (κ1) is 18.0. The first-order valence-electron chi connectivity index (χ1n) is 8.36. The first-order chi connectivity index (χ1) is 10.7. The number of piperidine rings is 1. The lowest BCUT2D eigenvalue weighted by molar-refractivity contribution is -0.134. The lowest BCUT2D eigenvalue weighted by Gasteiger charge is -2.42. The molecule has 2 aliphatic rings. The van der Waals surface area contributed by atoms with E-state index in [0.29, 0.717) is 24.8 Å². The Hall–Kier alpha value is -1.33. The van der Waals surface area contributed by atoms with Crippen LogP contribution >= 0.6 is 12.4 Å². The predicted molar refractivity (Wildman–Crippen MR) is 92.9 cm³/mol. The number of unbranched alkanes of at least 4 members (excludes halogenated alkanes) is 2. The van der Waals surface area contributed by atoms with Crippen molar-refractivity contribution in [3.05, 3.63) is 34.2 Å². The Labute approximate surface area is 143 Å². The van der Waals surface area contributed by atoms with E-state index in [2.05, 4.69) is 0 Å². The number of amides is 1. The van der Waals surface area contributed by atoms with E-state index >= 15 is 0 Å². The van der Waals surface area contributed by atoms with Crippen LogP contribution in [-0.4, -0.2) is 35.0 Å². The van der Waals surface area contributed by atoms with E-state index < -0.39 is 0 Å². The van der Waals surface area contributed by atoms with E-state index in [0.717, 1.165) is 51.0 Å². The van der Waals surface area contributed by atoms with E-state index in [-0.39, 0.29) is 23.9 Å². The molecule has 23 heavy (non-hydrogen) atoms. The summed E-state index contributed by atoms with van der Waals surface area (Å²) in [5.41, 5.74) is 6.68. The molecular weight excluding hydrogens is 314 g/mol. The number of rotatable bonds is 5. The highest BCUT2D eigenvalue weighted by Crippen LogP contribution is 2.35. The minimum atomic E-state index is 0. The normalized spacial score (nSPS) is 22.2. The molecule has 6 heteroatoms. The van der Waals surface area contributed by atoms with Crippen LogP contribution in [-0.2, 0) is 11.3 Å². The summed E-state index contributed by atoms with van der Waals surface area (Å²) < 4.78 is 1.90. The third kappa shape index (κ3) is 3.96. The molecule has 0 unspecified atom stereocenters. The van der Waals surface area contributed by atoms with Gasteiger partial charge in [0.15, 0.2) is 0 Å². The van der Waals surface area contributed by atoms with E-state index in [1.165, 1.54) is 0 Å². The Kier molecular flexibility index (Phi) is 6.25. The number of nitrogens with two attached hydrogens (primary N) is 1. The highest BCUT2D eigenvalue weighted by atomic mass is 35.5. The van der Waals surface area contributed by atoms with Crippen LogP contribution in [0.4, 0.5) is 0 Å². The van der Waals surface area contributed by atoms with E-state index in [4.69, 9.17) is 5.73 Å². The summed E-state index contributed by atoms with van der Waals surface area (Å²) in [7, 11) is 0. The van der Waals surface area contributed by atoms with Crippen molar-refractivity contribution in [1.29, 1.82) is 0 Å². The van der Waals surface area contributed by atoms with Crippen LogP contribution in [0.1, 0.15) is 43.7 Å². The summed E-state index contributed by atoms with van der Waals surface area (Å²) in [4.78, 5) is 26.4. The third-order valence-electron chi connectivity index (χ3n) is 4.93. The number of nitrogens with zero attached hydrogens (tertiary/aromatic N) is 2.